The molecule has 0 aliphatic carbocycles. The van der Waals surface area contributed by atoms with E-state index in [2.05, 4.69) is 6.07 Å². The van der Waals surface area contributed by atoms with Crippen LogP contribution in [0.1, 0.15) is 13.8 Å². The van der Waals surface area contributed by atoms with E-state index in [-0.39, 0.29) is 11.9 Å². The highest BCUT2D eigenvalue weighted by Gasteiger charge is 2.01. The van der Waals surface area contributed by atoms with Gasteiger partial charge in [-0.2, -0.15) is 0 Å². The summed E-state index contributed by atoms with van der Waals surface area (Å²) in [6.07, 6.45) is 0.0803. The third-order valence-corrected chi connectivity index (χ3v) is 1.17. The normalized spacial score (nSPS) is 10.1. The number of hydrogen-bond donors (Lipinski definition) is 1. The summed E-state index contributed by atoms with van der Waals surface area (Å²) in [6, 6.07) is 7.64. The van der Waals surface area contributed by atoms with Gasteiger partial charge in [0.05, 0.1) is 6.10 Å². The molecule has 0 aromatic heterocycles. The summed E-state index contributed by atoms with van der Waals surface area (Å²) >= 11 is 0. The van der Waals surface area contributed by atoms with Crippen molar-refractivity contribution in [2.75, 3.05) is 0 Å². The Morgan fingerprint density at radius 1 is 1.55 bits per heavy atom. The van der Waals surface area contributed by atoms with Gasteiger partial charge in [0.1, 0.15) is 0 Å². The molecule has 0 unspecified atom stereocenters. The van der Waals surface area contributed by atoms with Gasteiger partial charge >= 0.3 is 0 Å². The molecule has 59 valence electrons. The van der Waals surface area contributed by atoms with E-state index < -0.39 is 0 Å². The molecule has 0 aliphatic heterocycles. The molecule has 1 rings (SSSR count). The fourth-order valence-electron chi connectivity index (χ4n) is 0.755. The predicted molar refractivity (Wildman–Crippen MR) is 42.7 cm³/mol. The zero-order chi connectivity index (χ0) is 8.27. The molecule has 11 heavy (non-hydrogen) atoms. The van der Waals surface area contributed by atoms with Crippen molar-refractivity contribution < 1.29 is 9.84 Å². The zero-order valence-corrected chi connectivity index (χ0v) is 6.66. The van der Waals surface area contributed by atoms with Crippen LogP contribution in [-0.2, 0) is 0 Å². The van der Waals surface area contributed by atoms with Crippen LogP contribution < -0.4 is 4.74 Å². The maximum absolute atomic E-state index is 9.21. The Morgan fingerprint density at radius 3 is 2.82 bits per heavy atom. The third-order valence-electron chi connectivity index (χ3n) is 1.17. The van der Waals surface area contributed by atoms with E-state index in [1.54, 1.807) is 18.2 Å². The Labute approximate surface area is 66.4 Å². The molecule has 0 fully saturated rings. The van der Waals surface area contributed by atoms with E-state index in [1.807, 2.05) is 13.8 Å². The van der Waals surface area contributed by atoms with Gasteiger partial charge in [-0.25, -0.2) is 0 Å². The minimum absolute atomic E-state index is 0.0803. The molecule has 0 amide bonds. The van der Waals surface area contributed by atoms with Crippen LogP contribution in [0.5, 0.6) is 11.5 Å². The Balaban J connectivity index is 2.78. The minimum Gasteiger partial charge on any atom is -0.504 e. The molecule has 1 N–H and O–H groups in total. The molecular formula is C9H11O2. The Kier molecular flexibility index (Phi) is 2.36. The minimum atomic E-state index is 0.0803. The van der Waals surface area contributed by atoms with Gasteiger partial charge in [0.15, 0.2) is 11.5 Å². The van der Waals surface area contributed by atoms with Gasteiger partial charge in [-0.05, 0) is 32.0 Å². The molecule has 1 radical (unpaired) electrons. The van der Waals surface area contributed by atoms with Crippen molar-refractivity contribution in [3.63, 3.8) is 0 Å². The average molecular weight is 151 g/mol. The number of aromatic hydroxyl groups is 1. The van der Waals surface area contributed by atoms with Gasteiger partial charge in [-0.15, -0.1) is 0 Å². The van der Waals surface area contributed by atoms with Crippen molar-refractivity contribution in [1.29, 1.82) is 0 Å². The fraction of sp³-hybridized carbons (Fsp3) is 0.333. The van der Waals surface area contributed by atoms with Gasteiger partial charge in [-0.1, -0.05) is 6.07 Å². The summed E-state index contributed by atoms with van der Waals surface area (Å²) in [5, 5.41) is 9.21. The van der Waals surface area contributed by atoms with Crippen LogP contribution in [0.4, 0.5) is 0 Å². The van der Waals surface area contributed by atoms with Crippen molar-refractivity contribution >= 4 is 0 Å². The lowest BCUT2D eigenvalue weighted by Crippen LogP contribution is -2.05. The summed E-state index contributed by atoms with van der Waals surface area (Å²) < 4.78 is 5.26. The number of phenolic OH excluding ortho intramolecular Hbond substituents is 1. The molecule has 1 aromatic rings. The molecular weight excluding hydrogens is 140 g/mol. The quantitative estimate of drug-likeness (QED) is 0.700. The molecule has 0 spiro atoms. The van der Waals surface area contributed by atoms with Crippen LogP contribution in [0, 0.1) is 6.07 Å². The first-order valence-corrected chi connectivity index (χ1v) is 3.56. The molecule has 0 bridgehead atoms. The first-order valence-electron chi connectivity index (χ1n) is 3.56. The number of rotatable bonds is 2. The number of phenols is 1. The van der Waals surface area contributed by atoms with Crippen molar-refractivity contribution in [3.8, 4) is 11.5 Å². The fourth-order valence-corrected chi connectivity index (χ4v) is 0.755. The highest BCUT2D eigenvalue weighted by atomic mass is 16.5. The van der Waals surface area contributed by atoms with E-state index in [1.165, 1.54) is 0 Å². The smallest absolute Gasteiger partial charge is 0.161 e. The monoisotopic (exact) mass is 151 g/mol. The van der Waals surface area contributed by atoms with E-state index in [9.17, 15) is 5.11 Å². The molecule has 1 aromatic carbocycles. The zero-order valence-electron chi connectivity index (χ0n) is 6.66. The number of hydrogen-bond acceptors (Lipinski definition) is 2. The van der Waals surface area contributed by atoms with Crippen LogP contribution in [0.2, 0.25) is 0 Å². The maximum Gasteiger partial charge on any atom is 0.161 e. The van der Waals surface area contributed by atoms with Crippen molar-refractivity contribution in [2.24, 2.45) is 0 Å². The highest BCUT2D eigenvalue weighted by Crippen LogP contribution is 2.24. The summed E-state index contributed by atoms with van der Waals surface area (Å²) in [5.41, 5.74) is 0. The lowest BCUT2D eigenvalue weighted by atomic mass is 10.3. The second-order valence-electron chi connectivity index (χ2n) is 2.56. The van der Waals surface area contributed by atoms with Gasteiger partial charge < -0.3 is 9.84 Å². The summed E-state index contributed by atoms with van der Waals surface area (Å²) in [4.78, 5) is 0. The van der Waals surface area contributed by atoms with Gasteiger partial charge in [-0.3, -0.25) is 0 Å². The summed E-state index contributed by atoms with van der Waals surface area (Å²) in [6.45, 7) is 3.82. The second-order valence-corrected chi connectivity index (χ2v) is 2.56. The molecule has 2 nitrogen and oxygen atoms in total. The molecule has 2 heteroatoms. The van der Waals surface area contributed by atoms with Gasteiger partial charge in [0, 0.05) is 0 Å². The van der Waals surface area contributed by atoms with Crippen LogP contribution in [-0.4, -0.2) is 11.2 Å². The molecule has 0 saturated carbocycles. The van der Waals surface area contributed by atoms with Gasteiger partial charge in [0.25, 0.3) is 0 Å². The standard InChI is InChI=1S/C9H11O2/c1-7(2)11-9-6-4-3-5-8(9)10/h3,5-7,10H,1-2H3. The van der Waals surface area contributed by atoms with Crippen molar-refractivity contribution in [3.05, 3.63) is 24.3 Å². The van der Waals surface area contributed by atoms with Crippen LogP contribution in [0.25, 0.3) is 0 Å². The molecule has 0 atom stereocenters. The lowest BCUT2D eigenvalue weighted by molar-refractivity contribution is 0.232. The second kappa shape index (κ2) is 3.28. The topological polar surface area (TPSA) is 29.5 Å². The Morgan fingerprint density at radius 2 is 2.27 bits per heavy atom. The number of benzene rings is 1. The largest absolute Gasteiger partial charge is 0.504 e. The van der Waals surface area contributed by atoms with Crippen molar-refractivity contribution in [2.45, 2.75) is 20.0 Å². The van der Waals surface area contributed by atoms with E-state index in [0.29, 0.717) is 5.75 Å². The SMILES string of the molecule is CC(C)Oc1c[c]ccc1O. The van der Waals surface area contributed by atoms with Crippen LogP contribution in [0.3, 0.4) is 0 Å². The number of ether oxygens (including phenoxy) is 1. The lowest BCUT2D eigenvalue weighted by Gasteiger charge is -2.09. The first-order chi connectivity index (χ1) is 5.20. The Hall–Kier alpha value is -1.18. The maximum atomic E-state index is 9.21. The average Bonchev–Trinajstić information content (AvgIpc) is 1.93. The van der Waals surface area contributed by atoms with Crippen LogP contribution in [0.15, 0.2) is 18.2 Å². The molecule has 0 heterocycles. The third kappa shape index (κ3) is 2.15. The molecule has 0 aliphatic rings. The summed E-state index contributed by atoms with van der Waals surface area (Å²) in [5.74, 6) is 0.653. The van der Waals surface area contributed by atoms with E-state index in [0.717, 1.165) is 0 Å². The van der Waals surface area contributed by atoms with E-state index in [4.69, 9.17) is 4.74 Å². The van der Waals surface area contributed by atoms with Crippen LogP contribution >= 0.6 is 0 Å². The Bertz CT molecular complexity index is 231. The molecule has 0 saturated heterocycles. The highest BCUT2D eigenvalue weighted by molar-refractivity contribution is 5.37. The predicted octanol–water partition coefficient (Wildman–Crippen LogP) is 1.98. The van der Waals surface area contributed by atoms with E-state index >= 15 is 0 Å². The summed E-state index contributed by atoms with van der Waals surface area (Å²) in [7, 11) is 0. The first kappa shape index (κ1) is 7.92. The van der Waals surface area contributed by atoms with Gasteiger partial charge in [0.2, 0.25) is 0 Å². The van der Waals surface area contributed by atoms with Crippen molar-refractivity contribution in [1.82, 2.24) is 0 Å².